The number of hydrogen-bond donors (Lipinski definition) is 0. The van der Waals surface area contributed by atoms with Crippen LogP contribution in [-0.2, 0) is 14.8 Å². The topological polar surface area (TPSA) is 78.8 Å². The lowest BCUT2D eigenvalue weighted by molar-refractivity contribution is -0.137. The van der Waals surface area contributed by atoms with Crippen molar-refractivity contribution in [3.63, 3.8) is 0 Å². The first kappa shape index (κ1) is 22.7. The van der Waals surface area contributed by atoms with Gasteiger partial charge in [-0.1, -0.05) is 0 Å². The summed E-state index contributed by atoms with van der Waals surface area (Å²) in [5, 5.41) is 0.0629. The fourth-order valence-corrected chi connectivity index (χ4v) is 5.70. The molecule has 0 spiro atoms. The van der Waals surface area contributed by atoms with Crippen LogP contribution in [0.1, 0.15) is 32.7 Å². The zero-order valence-corrected chi connectivity index (χ0v) is 19.3. The van der Waals surface area contributed by atoms with Crippen molar-refractivity contribution in [2.75, 3.05) is 44.2 Å². The molecule has 0 atom stereocenters. The minimum atomic E-state index is -3.65. The molecule has 32 heavy (non-hydrogen) atoms. The van der Waals surface area contributed by atoms with Crippen LogP contribution in [0.3, 0.4) is 0 Å². The van der Waals surface area contributed by atoms with Crippen LogP contribution >= 0.6 is 0 Å². The lowest BCUT2D eigenvalue weighted by atomic mass is 9.96. The fraction of sp³-hybridized carbons (Fsp3) is 0.545. The molecule has 2 fully saturated rings. The molecular weight excluding hydrogens is 433 g/mol. The molecule has 2 aliphatic heterocycles. The summed E-state index contributed by atoms with van der Waals surface area (Å²) in [5.74, 6) is -0.318. The number of amides is 1. The molecule has 2 aliphatic rings. The Hall–Kier alpha value is -2.46. The number of halogens is 1. The average molecular weight is 464 g/mol. The summed E-state index contributed by atoms with van der Waals surface area (Å²) < 4.78 is 42.2. The van der Waals surface area contributed by atoms with Crippen molar-refractivity contribution in [2.45, 2.75) is 37.8 Å². The van der Waals surface area contributed by atoms with Crippen LogP contribution in [0.25, 0.3) is 0 Å². The predicted molar refractivity (Wildman–Crippen MR) is 119 cm³/mol. The van der Waals surface area contributed by atoms with E-state index in [2.05, 4.69) is 9.88 Å². The first-order valence-corrected chi connectivity index (χ1v) is 12.5. The molecule has 2 saturated heterocycles. The number of carbonyl (C=O) groups is 1. The van der Waals surface area contributed by atoms with Gasteiger partial charge in [0.05, 0.1) is 6.33 Å². The van der Waals surface area contributed by atoms with E-state index in [0.717, 1.165) is 5.69 Å². The molecule has 0 radical (unpaired) electrons. The van der Waals surface area contributed by atoms with Gasteiger partial charge in [-0.2, -0.15) is 4.31 Å². The van der Waals surface area contributed by atoms with Crippen molar-refractivity contribution in [3.05, 3.63) is 42.6 Å². The minimum absolute atomic E-state index is 0.0629. The van der Waals surface area contributed by atoms with Gasteiger partial charge >= 0.3 is 0 Å². The number of imidazole rings is 1. The van der Waals surface area contributed by atoms with Crippen molar-refractivity contribution < 1.29 is 17.6 Å². The maximum Gasteiger partial charge on any atom is 0.262 e. The van der Waals surface area contributed by atoms with E-state index in [-0.39, 0.29) is 28.7 Å². The van der Waals surface area contributed by atoms with Crippen molar-refractivity contribution in [1.29, 1.82) is 0 Å². The van der Waals surface area contributed by atoms with E-state index in [1.165, 1.54) is 16.4 Å². The number of rotatable bonds is 5. The molecule has 174 valence electrons. The average Bonchev–Trinajstić information content (AvgIpc) is 3.31. The number of carbonyl (C=O) groups excluding carboxylic acids is 1. The number of aromatic nitrogens is 2. The molecule has 3 heterocycles. The summed E-state index contributed by atoms with van der Waals surface area (Å²) in [4.78, 5) is 21.1. The van der Waals surface area contributed by atoms with Crippen molar-refractivity contribution in [2.24, 2.45) is 5.92 Å². The van der Waals surface area contributed by atoms with Crippen molar-refractivity contribution >= 4 is 21.6 Å². The first-order valence-electron chi connectivity index (χ1n) is 11.1. The lowest BCUT2D eigenvalue weighted by Crippen LogP contribution is -2.52. The van der Waals surface area contributed by atoms with E-state index >= 15 is 0 Å². The molecule has 8 nitrogen and oxygen atoms in total. The maximum atomic E-state index is 13.1. The van der Waals surface area contributed by atoms with Gasteiger partial charge in [-0.25, -0.2) is 17.8 Å². The number of benzene rings is 1. The highest BCUT2D eigenvalue weighted by Gasteiger charge is 2.35. The number of sulfonamides is 1. The molecule has 1 amide bonds. The smallest absolute Gasteiger partial charge is 0.262 e. The largest absolute Gasteiger partial charge is 0.368 e. The number of piperazine rings is 1. The third-order valence-electron chi connectivity index (χ3n) is 6.36. The van der Waals surface area contributed by atoms with Gasteiger partial charge in [0.25, 0.3) is 10.0 Å². The van der Waals surface area contributed by atoms with Gasteiger partial charge in [0.15, 0.2) is 5.03 Å². The fourth-order valence-electron chi connectivity index (χ4n) is 4.30. The molecule has 0 saturated carbocycles. The molecular formula is C22H30FN5O3S. The molecule has 0 aliphatic carbocycles. The molecule has 0 unspecified atom stereocenters. The molecule has 0 bridgehead atoms. The zero-order valence-electron chi connectivity index (χ0n) is 18.5. The van der Waals surface area contributed by atoms with Crippen molar-refractivity contribution in [3.8, 4) is 0 Å². The van der Waals surface area contributed by atoms with Crippen LogP contribution in [0.5, 0.6) is 0 Å². The summed E-state index contributed by atoms with van der Waals surface area (Å²) in [6.07, 6.45) is 4.14. The number of piperidine rings is 1. The van der Waals surface area contributed by atoms with E-state index in [1.807, 2.05) is 18.7 Å². The highest BCUT2D eigenvalue weighted by atomic mass is 32.2. The van der Waals surface area contributed by atoms with E-state index < -0.39 is 10.0 Å². The molecule has 10 heteroatoms. The molecule has 1 aromatic carbocycles. The van der Waals surface area contributed by atoms with Gasteiger partial charge in [0, 0.05) is 63.1 Å². The van der Waals surface area contributed by atoms with Crippen molar-refractivity contribution in [1.82, 2.24) is 18.8 Å². The predicted octanol–water partition coefficient (Wildman–Crippen LogP) is 2.35. The van der Waals surface area contributed by atoms with Crippen LogP contribution in [-0.4, -0.2) is 72.3 Å². The minimum Gasteiger partial charge on any atom is -0.368 e. The first-order chi connectivity index (χ1) is 15.3. The highest BCUT2D eigenvalue weighted by molar-refractivity contribution is 7.89. The Bertz CT molecular complexity index is 1040. The monoisotopic (exact) mass is 463 g/mol. The van der Waals surface area contributed by atoms with Gasteiger partial charge in [0.1, 0.15) is 5.82 Å². The Morgan fingerprint density at radius 1 is 1.03 bits per heavy atom. The third-order valence-corrected chi connectivity index (χ3v) is 8.15. The van der Waals surface area contributed by atoms with E-state index in [1.54, 1.807) is 29.2 Å². The number of hydrogen-bond acceptors (Lipinski definition) is 5. The summed E-state index contributed by atoms with van der Waals surface area (Å²) in [5.41, 5.74) is 0.955. The van der Waals surface area contributed by atoms with Gasteiger partial charge < -0.3 is 14.4 Å². The SMILES string of the molecule is CC(C)n1cnc(S(=O)(=O)N2CCC(C(=O)N3CCN(c4ccc(F)cc4)CC3)CC2)c1. The van der Waals surface area contributed by atoms with Crippen LogP contribution in [0.2, 0.25) is 0 Å². The summed E-state index contributed by atoms with van der Waals surface area (Å²) in [6.45, 7) is 7.20. The quantitative estimate of drug-likeness (QED) is 0.680. The summed E-state index contributed by atoms with van der Waals surface area (Å²) in [6, 6.07) is 6.54. The molecule has 2 aromatic rings. The van der Waals surface area contributed by atoms with Gasteiger partial charge in [0.2, 0.25) is 5.91 Å². The Kier molecular flexibility index (Phi) is 6.52. The molecule has 1 aromatic heterocycles. The second-order valence-electron chi connectivity index (χ2n) is 8.72. The second-order valence-corrected chi connectivity index (χ2v) is 10.6. The Labute approximate surface area is 188 Å². The normalized spacial score (nSPS) is 19.0. The molecule has 0 N–H and O–H groups in total. The van der Waals surface area contributed by atoms with E-state index in [9.17, 15) is 17.6 Å². The third kappa shape index (κ3) is 4.66. The summed E-state index contributed by atoms with van der Waals surface area (Å²) >= 11 is 0. The van der Waals surface area contributed by atoms with E-state index in [0.29, 0.717) is 52.1 Å². The van der Waals surface area contributed by atoms with Crippen LogP contribution in [0, 0.1) is 11.7 Å². The van der Waals surface area contributed by atoms with Gasteiger partial charge in [-0.05, 0) is 51.0 Å². The Balaban J connectivity index is 1.30. The zero-order chi connectivity index (χ0) is 22.9. The summed E-state index contributed by atoms with van der Waals surface area (Å²) in [7, 11) is -3.65. The maximum absolute atomic E-state index is 13.1. The van der Waals surface area contributed by atoms with Crippen LogP contribution in [0.4, 0.5) is 10.1 Å². The Morgan fingerprint density at radius 2 is 1.66 bits per heavy atom. The van der Waals surface area contributed by atoms with Gasteiger partial charge in [-0.3, -0.25) is 4.79 Å². The lowest BCUT2D eigenvalue weighted by Gasteiger charge is -2.39. The molecule has 4 rings (SSSR count). The highest BCUT2D eigenvalue weighted by Crippen LogP contribution is 2.26. The number of anilines is 1. The second kappa shape index (κ2) is 9.19. The Morgan fingerprint density at radius 3 is 2.22 bits per heavy atom. The number of nitrogens with zero attached hydrogens (tertiary/aromatic N) is 5. The van der Waals surface area contributed by atoms with Gasteiger partial charge in [-0.15, -0.1) is 0 Å². The van der Waals surface area contributed by atoms with E-state index in [4.69, 9.17) is 0 Å². The van der Waals surface area contributed by atoms with Crippen LogP contribution in [0.15, 0.2) is 41.8 Å². The standard InChI is InChI=1S/C22H30FN5O3S/c1-17(2)27-15-21(24-16-27)32(30,31)28-9-7-18(8-10-28)22(29)26-13-11-25(12-14-26)20-5-3-19(23)4-6-20/h3-6,15-18H,7-14H2,1-2H3. The van der Waals surface area contributed by atoms with Crippen LogP contribution < -0.4 is 4.90 Å².